The molecule has 0 radical (unpaired) electrons. The lowest BCUT2D eigenvalue weighted by Gasteiger charge is -2.00. The van der Waals surface area contributed by atoms with Gasteiger partial charge in [0.2, 0.25) is 0 Å². The molecule has 5 heteroatoms. The second-order valence-electron chi connectivity index (χ2n) is 2.92. The van der Waals surface area contributed by atoms with Gasteiger partial charge in [0.25, 0.3) is 5.69 Å². The van der Waals surface area contributed by atoms with Crippen LogP contribution in [0.25, 0.3) is 6.08 Å². The highest BCUT2D eigenvalue weighted by atomic mass is 16.6. The van der Waals surface area contributed by atoms with Crippen LogP contribution in [0.1, 0.15) is 11.1 Å². The molecule has 0 heterocycles. The minimum absolute atomic E-state index is 0.0115. The van der Waals surface area contributed by atoms with Gasteiger partial charge in [-0.1, -0.05) is 12.1 Å². The van der Waals surface area contributed by atoms with Crippen LogP contribution in [-0.2, 0) is 4.79 Å². The van der Waals surface area contributed by atoms with E-state index in [9.17, 15) is 14.9 Å². The molecule has 0 amide bonds. The number of carboxylic acids is 1. The lowest BCUT2D eigenvalue weighted by Crippen LogP contribution is -1.93. The van der Waals surface area contributed by atoms with E-state index in [0.29, 0.717) is 11.1 Å². The summed E-state index contributed by atoms with van der Waals surface area (Å²) >= 11 is 0. The van der Waals surface area contributed by atoms with Crippen molar-refractivity contribution in [1.82, 2.24) is 0 Å². The molecule has 0 aliphatic rings. The van der Waals surface area contributed by atoms with Crippen LogP contribution in [0.2, 0.25) is 0 Å². The fourth-order valence-corrected chi connectivity index (χ4v) is 1.18. The first-order valence-corrected chi connectivity index (χ1v) is 4.17. The zero-order chi connectivity index (χ0) is 11.4. The molecule has 0 unspecified atom stereocenters. The summed E-state index contributed by atoms with van der Waals surface area (Å²) in [6.07, 6.45) is 2.29. The van der Waals surface area contributed by atoms with E-state index in [1.54, 1.807) is 13.0 Å². The van der Waals surface area contributed by atoms with Crippen molar-refractivity contribution >= 4 is 17.7 Å². The fraction of sp³-hybridized carbons (Fsp3) is 0.100. The average Bonchev–Trinajstić information content (AvgIpc) is 2.15. The number of hydrogen-bond donors (Lipinski definition) is 1. The molecule has 0 aromatic heterocycles. The topological polar surface area (TPSA) is 80.4 Å². The molecule has 0 spiro atoms. The van der Waals surface area contributed by atoms with Crippen molar-refractivity contribution in [1.29, 1.82) is 0 Å². The van der Waals surface area contributed by atoms with Crippen molar-refractivity contribution in [2.24, 2.45) is 0 Å². The molecule has 1 aromatic rings. The fourth-order valence-electron chi connectivity index (χ4n) is 1.18. The van der Waals surface area contributed by atoms with Crippen LogP contribution in [0.5, 0.6) is 0 Å². The Labute approximate surface area is 85.8 Å². The van der Waals surface area contributed by atoms with Crippen molar-refractivity contribution in [2.45, 2.75) is 6.92 Å². The van der Waals surface area contributed by atoms with Crippen molar-refractivity contribution in [3.8, 4) is 0 Å². The second-order valence-corrected chi connectivity index (χ2v) is 2.92. The lowest BCUT2D eigenvalue weighted by molar-refractivity contribution is -0.385. The van der Waals surface area contributed by atoms with Gasteiger partial charge in [0, 0.05) is 17.7 Å². The second kappa shape index (κ2) is 4.36. The van der Waals surface area contributed by atoms with Gasteiger partial charge in [0.15, 0.2) is 0 Å². The summed E-state index contributed by atoms with van der Waals surface area (Å²) in [5.74, 6) is -1.08. The minimum atomic E-state index is -1.08. The summed E-state index contributed by atoms with van der Waals surface area (Å²) in [6.45, 7) is 1.58. The summed E-state index contributed by atoms with van der Waals surface area (Å²) < 4.78 is 0. The summed E-state index contributed by atoms with van der Waals surface area (Å²) in [5.41, 5.74) is 0.981. The van der Waals surface area contributed by atoms with Crippen LogP contribution in [0.3, 0.4) is 0 Å². The largest absolute Gasteiger partial charge is 0.478 e. The van der Waals surface area contributed by atoms with E-state index in [-0.39, 0.29) is 5.69 Å². The molecule has 0 saturated heterocycles. The zero-order valence-corrected chi connectivity index (χ0v) is 8.01. The van der Waals surface area contributed by atoms with Crippen molar-refractivity contribution in [3.63, 3.8) is 0 Å². The van der Waals surface area contributed by atoms with Gasteiger partial charge in [0.1, 0.15) is 0 Å². The van der Waals surface area contributed by atoms with E-state index in [2.05, 4.69) is 0 Å². The van der Waals surface area contributed by atoms with E-state index >= 15 is 0 Å². The highest BCUT2D eigenvalue weighted by Gasteiger charge is 2.11. The molecule has 15 heavy (non-hydrogen) atoms. The molecule has 1 aromatic carbocycles. The first-order valence-electron chi connectivity index (χ1n) is 4.17. The maximum Gasteiger partial charge on any atom is 0.328 e. The Morgan fingerprint density at radius 3 is 2.73 bits per heavy atom. The number of nitrogens with zero attached hydrogens (tertiary/aromatic N) is 1. The first-order chi connectivity index (χ1) is 7.02. The van der Waals surface area contributed by atoms with Gasteiger partial charge < -0.3 is 5.11 Å². The monoisotopic (exact) mass is 207 g/mol. The summed E-state index contributed by atoms with van der Waals surface area (Å²) in [4.78, 5) is 20.4. The maximum atomic E-state index is 10.6. The van der Waals surface area contributed by atoms with Crippen LogP contribution >= 0.6 is 0 Å². The number of carbonyl (C=O) groups is 1. The van der Waals surface area contributed by atoms with Crippen LogP contribution < -0.4 is 0 Å². The molecule has 0 atom stereocenters. The predicted octanol–water partition coefficient (Wildman–Crippen LogP) is 2.00. The third kappa shape index (κ3) is 2.63. The number of aliphatic carboxylic acids is 1. The van der Waals surface area contributed by atoms with Gasteiger partial charge in [-0.25, -0.2) is 4.79 Å². The van der Waals surface area contributed by atoms with Gasteiger partial charge in [-0.3, -0.25) is 10.1 Å². The van der Waals surface area contributed by atoms with Crippen molar-refractivity contribution in [2.75, 3.05) is 0 Å². The average molecular weight is 207 g/mol. The number of benzene rings is 1. The third-order valence-corrected chi connectivity index (χ3v) is 1.95. The van der Waals surface area contributed by atoms with Crippen LogP contribution in [-0.4, -0.2) is 16.0 Å². The van der Waals surface area contributed by atoms with Crippen molar-refractivity contribution < 1.29 is 14.8 Å². The Morgan fingerprint density at radius 1 is 1.53 bits per heavy atom. The molecule has 5 nitrogen and oxygen atoms in total. The Morgan fingerprint density at radius 2 is 2.20 bits per heavy atom. The minimum Gasteiger partial charge on any atom is -0.478 e. The van der Waals surface area contributed by atoms with E-state index in [1.807, 2.05) is 0 Å². The molecular weight excluding hydrogens is 198 g/mol. The summed E-state index contributed by atoms with van der Waals surface area (Å²) in [5, 5.41) is 19.0. The van der Waals surface area contributed by atoms with Crippen LogP contribution in [0, 0.1) is 17.0 Å². The predicted molar refractivity (Wildman–Crippen MR) is 54.5 cm³/mol. The Balaban J connectivity index is 3.15. The Hall–Kier alpha value is -2.17. The number of hydrogen-bond acceptors (Lipinski definition) is 3. The molecule has 0 fully saturated rings. The number of nitro groups is 1. The van der Waals surface area contributed by atoms with Gasteiger partial charge in [-0.05, 0) is 18.6 Å². The SMILES string of the molecule is Cc1c(/C=C/C(=O)O)cccc1[N+](=O)[O-]. The Bertz CT molecular complexity index is 437. The highest BCUT2D eigenvalue weighted by Crippen LogP contribution is 2.21. The highest BCUT2D eigenvalue weighted by molar-refractivity contribution is 5.85. The van der Waals surface area contributed by atoms with Crippen LogP contribution in [0.4, 0.5) is 5.69 Å². The normalized spacial score (nSPS) is 10.5. The standard InChI is InChI=1S/C10H9NO4/c1-7-8(5-6-10(12)13)3-2-4-9(7)11(14)15/h2-6H,1H3,(H,12,13)/b6-5+. The zero-order valence-electron chi connectivity index (χ0n) is 8.01. The number of carboxylic acid groups (broad SMARTS) is 1. The number of rotatable bonds is 3. The maximum absolute atomic E-state index is 10.6. The third-order valence-electron chi connectivity index (χ3n) is 1.95. The van der Waals surface area contributed by atoms with E-state index in [1.165, 1.54) is 18.2 Å². The summed E-state index contributed by atoms with van der Waals surface area (Å²) in [7, 11) is 0. The van der Waals surface area contributed by atoms with Gasteiger partial charge in [0.05, 0.1) is 4.92 Å². The first kappa shape index (κ1) is 10.9. The van der Waals surface area contributed by atoms with Crippen LogP contribution in [0.15, 0.2) is 24.3 Å². The molecular formula is C10H9NO4. The van der Waals surface area contributed by atoms with E-state index < -0.39 is 10.9 Å². The van der Waals surface area contributed by atoms with E-state index in [4.69, 9.17) is 5.11 Å². The smallest absolute Gasteiger partial charge is 0.328 e. The van der Waals surface area contributed by atoms with Gasteiger partial charge in [-0.15, -0.1) is 0 Å². The molecule has 0 aliphatic heterocycles. The molecule has 0 aliphatic carbocycles. The van der Waals surface area contributed by atoms with E-state index in [0.717, 1.165) is 6.08 Å². The quantitative estimate of drug-likeness (QED) is 0.467. The lowest BCUT2D eigenvalue weighted by atomic mass is 10.1. The number of nitro benzene ring substituents is 1. The van der Waals surface area contributed by atoms with Gasteiger partial charge in [-0.2, -0.15) is 0 Å². The summed E-state index contributed by atoms with van der Waals surface area (Å²) in [6, 6.07) is 4.53. The van der Waals surface area contributed by atoms with Crippen molar-refractivity contribution in [3.05, 3.63) is 45.5 Å². The molecule has 0 bridgehead atoms. The molecule has 0 saturated carbocycles. The van der Waals surface area contributed by atoms with Gasteiger partial charge >= 0.3 is 5.97 Å². The molecule has 1 N–H and O–H groups in total. The Kier molecular flexibility index (Phi) is 3.17. The molecule has 1 rings (SSSR count). The molecule has 78 valence electrons.